The van der Waals surface area contributed by atoms with Gasteiger partial charge >= 0.3 is 5.97 Å². The Bertz CT molecular complexity index is 553. The van der Waals surface area contributed by atoms with Crippen LogP contribution in [0.1, 0.15) is 12.6 Å². The molecule has 1 aromatic rings. The predicted octanol–water partition coefficient (Wildman–Crippen LogP) is 1.000. The fourth-order valence-electron chi connectivity index (χ4n) is 1.37. The standard InChI is InChI=1S/C12H15NO5S/c1-9(2)12(14)18-11(8-19(15,16)17)7-10-5-3-4-6-13-10/h3-6,11H,1,7-8H2,2H3,(H,15,16,17). The van der Waals surface area contributed by atoms with Gasteiger partial charge in [0, 0.05) is 23.9 Å². The number of esters is 1. The summed E-state index contributed by atoms with van der Waals surface area (Å²) >= 11 is 0. The lowest BCUT2D eigenvalue weighted by Crippen LogP contribution is -2.29. The molecular weight excluding hydrogens is 270 g/mol. The molecule has 0 aromatic carbocycles. The van der Waals surface area contributed by atoms with Crippen LogP contribution >= 0.6 is 0 Å². The van der Waals surface area contributed by atoms with Crippen molar-refractivity contribution in [1.82, 2.24) is 4.98 Å². The first-order valence-corrected chi connectivity index (χ1v) is 7.10. The number of aromatic nitrogens is 1. The lowest BCUT2D eigenvalue weighted by atomic mass is 10.2. The van der Waals surface area contributed by atoms with Gasteiger partial charge in [0.25, 0.3) is 10.1 Å². The third-order valence-electron chi connectivity index (χ3n) is 2.18. The molecular formula is C12H15NO5S. The van der Waals surface area contributed by atoms with Crippen LogP contribution in [-0.2, 0) is 26.1 Å². The van der Waals surface area contributed by atoms with Crippen LogP contribution in [0.5, 0.6) is 0 Å². The smallest absolute Gasteiger partial charge is 0.333 e. The van der Waals surface area contributed by atoms with Gasteiger partial charge in [0.2, 0.25) is 0 Å². The minimum Gasteiger partial charge on any atom is -0.457 e. The highest BCUT2D eigenvalue weighted by atomic mass is 32.2. The van der Waals surface area contributed by atoms with Crippen LogP contribution in [0.25, 0.3) is 0 Å². The third-order valence-corrected chi connectivity index (χ3v) is 2.97. The summed E-state index contributed by atoms with van der Waals surface area (Å²) in [5, 5.41) is 0. The molecule has 1 rings (SSSR count). The van der Waals surface area contributed by atoms with E-state index in [1.807, 2.05) is 0 Å². The Hall–Kier alpha value is -1.73. The van der Waals surface area contributed by atoms with Crippen molar-refractivity contribution in [2.45, 2.75) is 19.4 Å². The van der Waals surface area contributed by atoms with E-state index < -0.39 is 27.9 Å². The van der Waals surface area contributed by atoms with E-state index in [0.29, 0.717) is 5.69 Å². The molecule has 104 valence electrons. The van der Waals surface area contributed by atoms with Crippen LogP contribution in [0.3, 0.4) is 0 Å². The number of hydrogen-bond donors (Lipinski definition) is 1. The minimum atomic E-state index is -4.25. The molecule has 6 nitrogen and oxygen atoms in total. The number of carbonyl (C=O) groups is 1. The fourth-order valence-corrected chi connectivity index (χ4v) is 2.03. The molecule has 1 N–H and O–H groups in total. The van der Waals surface area contributed by atoms with Gasteiger partial charge in [0.05, 0.1) is 0 Å². The van der Waals surface area contributed by atoms with Crippen LogP contribution < -0.4 is 0 Å². The monoisotopic (exact) mass is 285 g/mol. The van der Waals surface area contributed by atoms with Gasteiger partial charge in [0.1, 0.15) is 11.9 Å². The maximum absolute atomic E-state index is 11.4. The molecule has 19 heavy (non-hydrogen) atoms. The summed E-state index contributed by atoms with van der Waals surface area (Å²) in [7, 11) is -4.25. The Kier molecular flexibility index (Phi) is 5.20. The van der Waals surface area contributed by atoms with E-state index in [9.17, 15) is 13.2 Å². The van der Waals surface area contributed by atoms with Gasteiger partial charge in [-0.1, -0.05) is 12.6 Å². The van der Waals surface area contributed by atoms with E-state index >= 15 is 0 Å². The van der Waals surface area contributed by atoms with Crippen LogP contribution in [0.4, 0.5) is 0 Å². The largest absolute Gasteiger partial charge is 0.457 e. The number of hydrogen-bond acceptors (Lipinski definition) is 5. The second kappa shape index (κ2) is 6.44. The van der Waals surface area contributed by atoms with Gasteiger partial charge in [-0.3, -0.25) is 9.54 Å². The number of carbonyl (C=O) groups excluding carboxylic acids is 1. The number of rotatable bonds is 6. The molecule has 0 amide bonds. The van der Waals surface area contributed by atoms with Crippen molar-refractivity contribution in [3.63, 3.8) is 0 Å². The van der Waals surface area contributed by atoms with Crippen molar-refractivity contribution in [2.24, 2.45) is 0 Å². The van der Waals surface area contributed by atoms with Crippen molar-refractivity contribution < 1.29 is 22.5 Å². The highest BCUT2D eigenvalue weighted by molar-refractivity contribution is 7.85. The maximum Gasteiger partial charge on any atom is 0.333 e. The summed E-state index contributed by atoms with van der Waals surface area (Å²) in [5.41, 5.74) is 0.715. The molecule has 0 bridgehead atoms. The Morgan fingerprint density at radius 1 is 1.53 bits per heavy atom. The summed E-state index contributed by atoms with van der Waals surface area (Å²) in [6.07, 6.45) is 0.633. The highest BCUT2D eigenvalue weighted by Gasteiger charge is 2.22. The first kappa shape index (κ1) is 15.3. The molecule has 0 aliphatic heterocycles. The van der Waals surface area contributed by atoms with Crippen LogP contribution in [0.15, 0.2) is 36.5 Å². The van der Waals surface area contributed by atoms with Gasteiger partial charge < -0.3 is 4.74 Å². The normalized spacial score (nSPS) is 12.7. The zero-order valence-corrected chi connectivity index (χ0v) is 11.3. The summed E-state index contributed by atoms with van der Waals surface area (Å²) in [5.74, 6) is -1.38. The number of nitrogens with zero attached hydrogens (tertiary/aromatic N) is 1. The molecule has 0 aliphatic rings. The molecule has 1 heterocycles. The molecule has 1 aromatic heterocycles. The highest BCUT2D eigenvalue weighted by Crippen LogP contribution is 2.08. The SMILES string of the molecule is C=C(C)C(=O)OC(Cc1ccccn1)CS(=O)(=O)O. The number of ether oxygens (including phenoxy) is 1. The Morgan fingerprint density at radius 2 is 2.21 bits per heavy atom. The molecule has 0 saturated heterocycles. The van der Waals surface area contributed by atoms with E-state index in [0.717, 1.165) is 0 Å². The molecule has 0 radical (unpaired) electrons. The molecule has 7 heteroatoms. The van der Waals surface area contributed by atoms with Gasteiger partial charge in [-0.25, -0.2) is 4.79 Å². The minimum absolute atomic E-state index is 0.0969. The topological polar surface area (TPSA) is 93.6 Å². The average molecular weight is 285 g/mol. The third kappa shape index (κ3) is 6.12. The lowest BCUT2D eigenvalue weighted by Gasteiger charge is -2.16. The fraction of sp³-hybridized carbons (Fsp3) is 0.333. The second-order valence-corrected chi connectivity index (χ2v) is 5.58. The molecule has 0 saturated carbocycles. The van der Waals surface area contributed by atoms with E-state index in [2.05, 4.69) is 11.6 Å². The van der Waals surface area contributed by atoms with E-state index in [-0.39, 0.29) is 12.0 Å². The van der Waals surface area contributed by atoms with Crippen LogP contribution in [0, 0.1) is 0 Å². The predicted molar refractivity (Wildman–Crippen MR) is 69.1 cm³/mol. The van der Waals surface area contributed by atoms with Crippen molar-refractivity contribution >= 4 is 16.1 Å². The first-order chi connectivity index (χ1) is 8.78. The zero-order chi connectivity index (χ0) is 14.5. The van der Waals surface area contributed by atoms with Gasteiger partial charge in [-0.2, -0.15) is 8.42 Å². The van der Waals surface area contributed by atoms with Gasteiger partial charge in [-0.05, 0) is 19.1 Å². The van der Waals surface area contributed by atoms with Crippen LogP contribution in [0.2, 0.25) is 0 Å². The Balaban J connectivity index is 2.80. The zero-order valence-electron chi connectivity index (χ0n) is 10.4. The van der Waals surface area contributed by atoms with E-state index in [4.69, 9.17) is 9.29 Å². The van der Waals surface area contributed by atoms with Crippen molar-refractivity contribution in [3.8, 4) is 0 Å². The van der Waals surface area contributed by atoms with Gasteiger partial charge in [-0.15, -0.1) is 0 Å². The molecule has 0 fully saturated rings. The molecule has 0 aliphatic carbocycles. The first-order valence-electron chi connectivity index (χ1n) is 5.49. The van der Waals surface area contributed by atoms with Crippen LogP contribution in [-0.4, -0.2) is 35.8 Å². The lowest BCUT2D eigenvalue weighted by molar-refractivity contribution is -0.143. The quantitative estimate of drug-likeness (QED) is 0.476. The van der Waals surface area contributed by atoms with Crippen molar-refractivity contribution in [3.05, 3.63) is 42.2 Å². The van der Waals surface area contributed by atoms with E-state index in [1.165, 1.54) is 6.92 Å². The van der Waals surface area contributed by atoms with Gasteiger partial charge in [0.15, 0.2) is 0 Å². The van der Waals surface area contributed by atoms with Crippen molar-refractivity contribution in [1.29, 1.82) is 0 Å². The van der Waals surface area contributed by atoms with E-state index in [1.54, 1.807) is 24.4 Å². The molecule has 0 spiro atoms. The summed E-state index contributed by atoms with van der Waals surface area (Å²) in [4.78, 5) is 15.4. The molecule has 1 atom stereocenters. The Morgan fingerprint density at radius 3 is 2.68 bits per heavy atom. The molecule has 1 unspecified atom stereocenters. The number of pyridine rings is 1. The summed E-state index contributed by atoms with van der Waals surface area (Å²) in [6, 6.07) is 5.11. The van der Waals surface area contributed by atoms with Crippen molar-refractivity contribution in [2.75, 3.05) is 5.75 Å². The Labute approximate surface area is 111 Å². The second-order valence-electron chi connectivity index (χ2n) is 4.08. The maximum atomic E-state index is 11.4. The average Bonchev–Trinajstić information content (AvgIpc) is 2.27. The summed E-state index contributed by atoms with van der Waals surface area (Å²) < 4.78 is 35.6. The summed E-state index contributed by atoms with van der Waals surface area (Å²) in [6.45, 7) is 4.86.